The fourth-order valence-electron chi connectivity index (χ4n) is 2.49. The Balaban J connectivity index is 2.79. The van der Waals surface area contributed by atoms with Gasteiger partial charge in [-0.1, -0.05) is 32.4 Å². The molecule has 0 amide bonds. The monoisotopic (exact) mass is 303 g/mol. The fourth-order valence-corrected chi connectivity index (χ4v) is 4.15. The molecule has 0 aliphatic carbocycles. The molecule has 1 aliphatic heterocycles. The summed E-state index contributed by atoms with van der Waals surface area (Å²) >= 11 is 0. The number of nitrogens with one attached hydrogen (secondary N) is 1. The van der Waals surface area contributed by atoms with Gasteiger partial charge in [-0.15, -0.1) is 0 Å². The minimum atomic E-state index is -3.39. The zero-order chi connectivity index (χ0) is 15.3. The molecule has 118 valence electrons. The van der Waals surface area contributed by atoms with Crippen LogP contribution in [0.5, 0.6) is 0 Å². The molecule has 0 radical (unpaired) electrons. The normalized spacial score (nSPS) is 21.6. The van der Waals surface area contributed by atoms with E-state index in [-0.39, 0.29) is 6.04 Å². The molecule has 0 saturated carbocycles. The maximum absolute atomic E-state index is 12.7. The molecule has 0 aromatic carbocycles. The third kappa shape index (κ3) is 4.84. The van der Waals surface area contributed by atoms with E-state index in [2.05, 4.69) is 25.7 Å². The standard InChI is InChI=1S/C14H29N3O2S/c1-12(2)11-16(5)20(18,19)17-9-7-6-8-14(17)10-15-13(3)4/h13-15H,1,6-11H2,2-5H3. The Morgan fingerprint density at radius 1 is 1.45 bits per heavy atom. The van der Waals surface area contributed by atoms with Crippen molar-refractivity contribution in [1.29, 1.82) is 0 Å². The summed E-state index contributed by atoms with van der Waals surface area (Å²) in [5, 5.41) is 3.35. The van der Waals surface area contributed by atoms with Gasteiger partial charge in [0.1, 0.15) is 0 Å². The first-order valence-corrected chi connectivity index (χ1v) is 8.75. The summed E-state index contributed by atoms with van der Waals surface area (Å²) in [6.45, 7) is 11.5. The fraction of sp³-hybridized carbons (Fsp3) is 0.857. The third-order valence-electron chi connectivity index (χ3n) is 3.52. The highest BCUT2D eigenvalue weighted by molar-refractivity contribution is 7.86. The molecular formula is C14H29N3O2S. The Morgan fingerprint density at radius 2 is 2.10 bits per heavy atom. The van der Waals surface area contributed by atoms with Crippen molar-refractivity contribution in [2.75, 3.05) is 26.7 Å². The van der Waals surface area contributed by atoms with Crippen LogP contribution in [0.4, 0.5) is 0 Å². The summed E-state index contributed by atoms with van der Waals surface area (Å²) < 4.78 is 28.4. The molecule has 1 fully saturated rings. The molecule has 1 atom stereocenters. The molecule has 5 nitrogen and oxygen atoms in total. The van der Waals surface area contributed by atoms with Crippen molar-refractivity contribution < 1.29 is 8.42 Å². The van der Waals surface area contributed by atoms with Gasteiger partial charge in [0.05, 0.1) is 0 Å². The molecule has 1 aliphatic rings. The molecule has 0 aromatic heterocycles. The first-order valence-electron chi connectivity index (χ1n) is 7.36. The predicted molar refractivity (Wildman–Crippen MR) is 83.8 cm³/mol. The number of nitrogens with zero attached hydrogens (tertiary/aromatic N) is 2. The van der Waals surface area contributed by atoms with Gasteiger partial charge in [0, 0.05) is 38.8 Å². The van der Waals surface area contributed by atoms with Crippen molar-refractivity contribution >= 4 is 10.2 Å². The van der Waals surface area contributed by atoms with Crippen LogP contribution in [0.25, 0.3) is 0 Å². The lowest BCUT2D eigenvalue weighted by atomic mass is 10.0. The van der Waals surface area contributed by atoms with Crippen LogP contribution >= 0.6 is 0 Å². The maximum atomic E-state index is 12.7. The summed E-state index contributed by atoms with van der Waals surface area (Å²) in [6, 6.07) is 0.429. The minimum Gasteiger partial charge on any atom is -0.313 e. The second-order valence-electron chi connectivity index (χ2n) is 6.04. The van der Waals surface area contributed by atoms with E-state index < -0.39 is 10.2 Å². The zero-order valence-corrected chi connectivity index (χ0v) is 14.0. The van der Waals surface area contributed by atoms with Crippen LogP contribution in [0.15, 0.2) is 12.2 Å². The number of likely N-dealkylation sites (N-methyl/N-ethyl adjacent to an activating group) is 1. The van der Waals surface area contributed by atoms with Gasteiger partial charge in [-0.05, 0) is 19.8 Å². The van der Waals surface area contributed by atoms with E-state index in [1.165, 1.54) is 4.31 Å². The minimum absolute atomic E-state index is 0.0590. The number of hydrogen-bond acceptors (Lipinski definition) is 3. The van der Waals surface area contributed by atoms with E-state index in [1.54, 1.807) is 11.4 Å². The lowest BCUT2D eigenvalue weighted by Gasteiger charge is -2.37. The topological polar surface area (TPSA) is 52.7 Å². The largest absolute Gasteiger partial charge is 0.313 e. The summed E-state index contributed by atoms with van der Waals surface area (Å²) in [6.07, 6.45) is 2.97. The van der Waals surface area contributed by atoms with Gasteiger partial charge in [0.25, 0.3) is 10.2 Å². The second kappa shape index (κ2) is 7.54. The SMILES string of the molecule is C=C(C)CN(C)S(=O)(=O)N1CCCCC1CNC(C)C. The quantitative estimate of drug-likeness (QED) is 0.727. The molecule has 1 N–H and O–H groups in total. The molecule has 0 bridgehead atoms. The summed E-state index contributed by atoms with van der Waals surface area (Å²) in [4.78, 5) is 0. The van der Waals surface area contributed by atoms with Crippen molar-refractivity contribution in [1.82, 2.24) is 13.9 Å². The van der Waals surface area contributed by atoms with E-state index in [9.17, 15) is 8.42 Å². The molecule has 1 rings (SSSR count). The first-order chi connectivity index (χ1) is 9.25. The summed E-state index contributed by atoms with van der Waals surface area (Å²) in [5.74, 6) is 0. The van der Waals surface area contributed by atoms with Crippen LogP contribution in [0.3, 0.4) is 0 Å². The summed E-state index contributed by atoms with van der Waals surface area (Å²) in [7, 11) is -1.76. The van der Waals surface area contributed by atoms with Gasteiger partial charge in [-0.25, -0.2) is 0 Å². The molecule has 1 unspecified atom stereocenters. The number of rotatable bonds is 7. The molecule has 20 heavy (non-hydrogen) atoms. The average molecular weight is 303 g/mol. The van der Waals surface area contributed by atoms with Crippen molar-refractivity contribution in [3.05, 3.63) is 12.2 Å². The zero-order valence-electron chi connectivity index (χ0n) is 13.2. The molecule has 0 spiro atoms. The Hall–Kier alpha value is -0.430. The van der Waals surface area contributed by atoms with Gasteiger partial charge in [0.2, 0.25) is 0 Å². The second-order valence-corrected chi connectivity index (χ2v) is 8.03. The maximum Gasteiger partial charge on any atom is 0.282 e. The van der Waals surface area contributed by atoms with E-state index in [1.807, 2.05) is 6.92 Å². The van der Waals surface area contributed by atoms with E-state index >= 15 is 0 Å². The molecule has 0 aromatic rings. The van der Waals surface area contributed by atoms with Crippen molar-refractivity contribution in [2.24, 2.45) is 0 Å². The van der Waals surface area contributed by atoms with Crippen molar-refractivity contribution in [2.45, 2.75) is 52.1 Å². The summed E-state index contributed by atoms with van der Waals surface area (Å²) in [5.41, 5.74) is 0.852. The smallest absolute Gasteiger partial charge is 0.282 e. The van der Waals surface area contributed by atoms with Crippen LogP contribution in [0.2, 0.25) is 0 Å². The van der Waals surface area contributed by atoms with E-state index in [0.717, 1.165) is 31.4 Å². The van der Waals surface area contributed by atoms with Gasteiger partial charge in [0.15, 0.2) is 0 Å². The van der Waals surface area contributed by atoms with E-state index in [4.69, 9.17) is 0 Å². The van der Waals surface area contributed by atoms with Crippen LogP contribution in [0, 0.1) is 0 Å². The number of hydrogen-bond donors (Lipinski definition) is 1. The highest BCUT2D eigenvalue weighted by Gasteiger charge is 2.34. The Bertz CT molecular complexity index is 420. The van der Waals surface area contributed by atoms with Crippen LogP contribution in [-0.2, 0) is 10.2 Å². The Labute approximate surface area is 124 Å². The predicted octanol–water partition coefficient (Wildman–Crippen LogP) is 1.59. The van der Waals surface area contributed by atoms with Crippen LogP contribution < -0.4 is 5.32 Å². The Morgan fingerprint density at radius 3 is 2.65 bits per heavy atom. The number of piperidine rings is 1. The molecule has 1 heterocycles. The average Bonchev–Trinajstić information content (AvgIpc) is 2.35. The highest BCUT2D eigenvalue weighted by atomic mass is 32.2. The molecule has 1 saturated heterocycles. The first kappa shape index (κ1) is 17.6. The van der Waals surface area contributed by atoms with Gasteiger partial charge in [-0.3, -0.25) is 0 Å². The van der Waals surface area contributed by atoms with Crippen molar-refractivity contribution in [3.8, 4) is 0 Å². The van der Waals surface area contributed by atoms with E-state index in [0.29, 0.717) is 19.1 Å². The van der Waals surface area contributed by atoms with Gasteiger partial charge in [-0.2, -0.15) is 17.0 Å². The highest BCUT2D eigenvalue weighted by Crippen LogP contribution is 2.22. The lowest BCUT2D eigenvalue weighted by molar-refractivity contribution is 0.229. The van der Waals surface area contributed by atoms with Gasteiger partial charge < -0.3 is 5.32 Å². The van der Waals surface area contributed by atoms with Gasteiger partial charge >= 0.3 is 0 Å². The van der Waals surface area contributed by atoms with Crippen LogP contribution in [-0.4, -0.2) is 55.8 Å². The molecular weight excluding hydrogens is 274 g/mol. The van der Waals surface area contributed by atoms with Crippen LogP contribution in [0.1, 0.15) is 40.0 Å². The third-order valence-corrected chi connectivity index (χ3v) is 5.51. The van der Waals surface area contributed by atoms with Crippen molar-refractivity contribution in [3.63, 3.8) is 0 Å². The lowest BCUT2D eigenvalue weighted by Crippen LogP contribution is -2.53. The molecule has 6 heteroatoms. The Kier molecular flexibility index (Phi) is 6.64.